The number of imidazole rings is 1. The normalized spacial score (nSPS) is 16.5. The highest BCUT2D eigenvalue weighted by atomic mass is 32.2. The number of sulfonamides is 1. The molecule has 3 aromatic carbocycles. The van der Waals surface area contributed by atoms with Crippen molar-refractivity contribution in [2.45, 2.75) is 23.8 Å². The maximum absolute atomic E-state index is 13.2. The number of nitrogens with zero attached hydrogens (tertiary/aromatic N) is 1. The van der Waals surface area contributed by atoms with Crippen molar-refractivity contribution >= 4 is 31.8 Å². The Labute approximate surface area is 209 Å². The molecule has 1 aliphatic heterocycles. The van der Waals surface area contributed by atoms with Crippen LogP contribution >= 0.6 is 0 Å². The zero-order valence-corrected chi connectivity index (χ0v) is 20.6. The molecule has 10 heteroatoms. The van der Waals surface area contributed by atoms with Gasteiger partial charge in [-0.2, -0.15) is 4.31 Å². The molecule has 4 N–H and O–H groups in total. The standard InChI is InChI=1S/C26H30N4O5S/c31-21(17-35-24-7-3-6-23-25(24)29-26(32)28-23)16-27-15-18-10-12-30(13-11-18)36(33,34)22-9-8-19-4-1-2-5-20(19)14-22/h1-9,14,18,21,27,31H,10-13,15-17H2,(H2,28,29,32)/t21-/m0/s1. The van der Waals surface area contributed by atoms with Crippen LogP contribution in [0.5, 0.6) is 5.75 Å². The van der Waals surface area contributed by atoms with E-state index >= 15 is 0 Å². The van der Waals surface area contributed by atoms with Gasteiger partial charge >= 0.3 is 5.69 Å². The van der Waals surface area contributed by atoms with Crippen LogP contribution in [0.25, 0.3) is 21.8 Å². The van der Waals surface area contributed by atoms with Crippen molar-refractivity contribution in [2.24, 2.45) is 5.92 Å². The summed E-state index contributed by atoms with van der Waals surface area (Å²) in [6.07, 6.45) is 0.795. The van der Waals surface area contributed by atoms with E-state index in [0.29, 0.717) is 53.8 Å². The quantitative estimate of drug-likeness (QED) is 0.274. The first-order valence-corrected chi connectivity index (χ1v) is 13.6. The Hall–Kier alpha value is -3.18. The minimum atomic E-state index is -3.53. The third-order valence-corrected chi connectivity index (χ3v) is 8.58. The fraction of sp³-hybridized carbons (Fsp3) is 0.346. The molecule has 0 bridgehead atoms. The molecule has 0 saturated carbocycles. The minimum Gasteiger partial charge on any atom is -0.489 e. The lowest BCUT2D eigenvalue weighted by Crippen LogP contribution is -2.42. The van der Waals surface area contributed by atoms with E-state index < -0.39 is 16.1 Å². The number of hydrogen-bond acceptors (Lipinski definition) is 6. The largest absolute Gasteiger partial charge is 0.489 e. The SMILES string of the molecule is O=c1[nH]c2cccc(OC[C@@H](O)CNCC3CCN(S(=O)(=O)c4ccc5ccccc5c4)CC3)c2[nH]1. The van der Waals surface area contributed by atoms with Gasteiger partial charge in [-0.05, 0) is 60.3 Å². The summed E-state index contributed by atoms with van der Waals surface area (Å²) in [4.78, 5) is 17.2. The molecule has 0 unspecified atom stereocenters. The third kappa shape index (κ3) is 5.31. The van der Waals surface area contributed by atoms with Crippen LogP contribution in [0.3, 0.4) is 0 Å². The summed E-state index contributed by atoms with van der Waals surface area (Å²) in [5, 5.41) is 15.5. The van der Waals surface area contributed by atoms with Crippen molar-refractivity contribution in [3.63, 3.8) is 0 Å². The Balaban J connectivity index is 1.07. The number of rotatable bonds is 9. The van der Waals surface area contributed by atoms with E-state index in [1.165, 1.54) is 0 Å². The van der Waals surface area contributed by atoms with Crippen LogP contribution in [0.4, 0.5) is 0 Å². The highest BCUT2D eigenvalue weighted by molar-refractivity contribution is 7.89. The lowest BCUT2D eigenvalue weighted by Gasteiger charge is -2.31. The van der Waals surface area contributed by atoms with Gasteiger partial charge in [0.2, 0.25) is 10.0 Å². The molecule has 0 amide bonds. The van der Waals surface area contributed by atoms with Crippen molar-refractivity contribution in [1.82, 2.24) is 19.6 Å². The van der Waals surface area contributed by atoms with E-state index in [4.69, 9.17) is 4.74 Å². The fourth-order valence-electron chi connectivity index (χ4n) is 4.68. The Kier molecular flexibility index (Phi) is 7.10. The molecular weight excluding hydrogens is 480 g/mol. The molecule has 1 aliphatic rings. The first-order valence-electron chi connectivity index (χ1n) is 12.1. The smallest absolute Gasteiger partial charge is 0.323 e. The lowest BCUT2D eigenvalue weighted by atomic mass is 9.98. The van der Waals surface area contributed by atoms with Gasteiger partial charge < -0.3 is 25.1 Å². The highest BCUT2D eigenvalue weighted by Crippen LogP contribution is 2.26. The summed E-state index contributed by atoms with van der Waals surface area (Å²) >= 11 is 0. The van der Waals surface area contributed by atoms with E-state index in [9.17, 15) is 18.3 Å². The summed E-state index contributed by atoms with van der Waals surface area (Å²) in [6, 6.07) is 18.3. The van der Waals surface area contributed by atoms with Gasteiger partial charge in [0.1, 0.15) is 24.0 Å². The van der Waals surface area contributed by atoms with Gasteiger partial charge in [0.15, 0.2) is 0 Å². The maximum Gasteiger partial charge on any atom is 0.323 e. The summed E-state index contributed by atoms with van der Waals surface area (Å²) in [5.41, 5.74) is 0.923. The number of aromatic nitrogens is 2. The number of aliphatic hydroxyl groups is 1. The van der Waals surface area contributed by atoms with E-state index in [-0.39, 0.29) is 12.3 Å². The summed E-state index contributed by atoms with van der Waals surface area (Å²) < 4.78 is 33.6. The number of ether oxygens (including phenoxy) is 1. The Morgan fingerprint density at radius 3 is 2.61 bits per heavy atom. The average molecular weight is 511 g/mol. The van der Waals surface area contributed by atoms with E-state index in [1.807, 2.05) is 30.3 Å². The van der Waals surface area contributed by atoms with Crippen molar-refractivity contribution in [3.05, 3.63) is 71.1 Å². The Morgan fingerprint density at radius 1 is 1.03 bits per heavy atom. The number of aliphatic hydroxyl groups excluding tert-OH is 1. The van der Waals surface area contributed by atoms with Crippen LogP contribution in [0.2, 0.25) is 0 Å². The van der Waals surface area contributed by atoms with Crippen molar-refractivity contribution in [2.75, 3.05) is 32.8 Å². The topological polar surface area (TPSA) is 128 Å². The molecule has 1 aromatic heterocycles. The summed E-state index contributed by atoms with van der Waals surface area (Å²) in [6.45, 7) is 2.09. The molecular formula is C26H30N4O5S. The highest BCUT2D eigenvalue weighted by Gasteiger charge is 2.29. The van der Waals surface area contributed by atoms with Gasteiger partial charge in [-0.3, -0.25) is 0 Å². The molecule has 1 atom stereocenters. The third-order valence-electron chi connectivity index (χ3n) is 6.69. The maximum atomic E-state index is 13.2. The molecule has 36 heavy (non-hydrogen) atoms. The predicted molar refractivity (Wildman–Crippen MR) is 139 cm³/mol. The monoisotopic (exact) mass is 510 g/mol. The molecule has 0 radical (unpaired) electrons. The molecule has 0 spiro atoms. The Morgan fingerprint density at radius 2 is 1.81 bits per heavy atom. The van der Waals surface area contributed by atoms with Gasteiger partial charge in [0, 0.05) is 19.6 Å². The molecule has 0 aliphatic carbocycles. The predicted octanol–water partition coefficient (Wildman–Crippen LogP) is 2.44. The Bertz CT molecular complexity index is 1510. The first-order chi connectivity index (χ1) is 17.4. The molecule has 5 rings (SSSR count). The molecule has 2 heterocycles. The van der Waals surface area contributed by atoms with Crippen LogP contribution in [-0.4, -0.2) is 66.7 Å². The van der Waals surface area contributed by atoms with Gasteiger partial charge in [-0.25, -0.2) is 13.2 Å². The van der Waals surface area contributed by atoms with Crippen molar-refractivity contribution < 1.29 is 18.3 Å². The molecule has 1 saturated heterocycles. The second-order valence-electron chi connectivity index (χ2n) is 9.24. The number of hydrogen-bond donors (Lipinski definition) is 4. The van der Waals surface area contributed by atoms with E-state index in [0.717, 1.165) is 23.6 Å². The number of para-hydroxylation sites is 1. The fourth-order valence-corrected chi connectivity index (χ4v) is 6.19. The molecule has 190 valence electrons. The number of fused-ring (bicyclic) bond motifs is 2. The van der Waals surface area contributed by atoms with Crippen LogP contribution in [0, 0.1) is 5.92 Å². The van der Waals surface area contributed by atoms with Crippen LogP contribution in [0.15, 0.2) is 70.4 Å². The number of piperidine rings is 1. The molecule has 9 nitrogen and oxygen atoms in total. The lowest BCUT2D eigenvalue weighted by molar-refractivity contribution is 0.105. The van der Waals surface area contributed by atoms with Crippen molar-refractivity contribution in [1.29, 1.82) is 0 Å². The molecule has 1 fully saturated rings. The summed E-state index contributed by atoms with van der Waals surface area (Å²) in [5.74, 6) is 0.838. The van der Waals surface area contributed by atoms with E-state index in [1.54, 1.807) is 34.6 Å². The minimum absolute atomic E-state index is 0.0851. The van der Waals surface area contributed by atoms with Gasteiger partial charge in [-0.15, -0.1) is 0 Å². The van der Waals surface area contributed by atoms with Crippen LogP contribution in [-0.2, 0) is 10.0 Å². The number of nitrogens with one attached hydrogen (secondary N) is 3. The zero-order chi connectivity index (χ0) is 25.1. The number of H-pyrrole nitrogens is 2. The van der Waals surface area contributed by atoms with Crippen LogP contribution < -0.4 is 15.7 Å². The van der Waals surface area contributed by atoms with Gasteiger partial charge in [0.05, 0.1) is 10.4 Å². The second kappa shape index (κ2) is 10.4. The van der Waals surface area contributed by atoms with Crippen molar-refractivity contribution in [3.8, 4) is 5.75 Å². The summed E-state index contributed by atoms with van der Waals surface area (Å²) in [7, 11) is -3.53. The van der Waals surface area contributed by atoms with Gasteiger partial charge in [-0.1, -0.05) is 36.4 Å². The van der Waals surface area contributed by atoms with E-state index in [2.05, 4.69) is 15.3 Å². The second-order valence-corrected chi connectivity index (χ2v) is 11.2. The van der Waals surface area contributed by atoms with Gasteiger partial charge in [0.25, 0.3) is 0 Å². The average Bonchev–Trinajstić information content (AvgIpc) is 3.28. The first kappa shape index (κ1) is 24.5. The number of benzene rings is 3. The number of aromatic amines is 2. The molecule has 4 aromatic rings. The van der Waals surface area contributed by atoms with Crippen LogP contribution in [0.1, 0.15) is 12.8 Å². The zero-order valence-electron chi connectivity index (χ0n) is 19.8.